The molecule has 2 aliphatic rings. The van der Waals surface area contributed by atoms with E-state index in [4.69, 9.17) is 5.73 Å². The van der Waals surface area contributed by atoms with Crippen molar-refractivity contribution in [1.29, 1.82) is 0 Å². The summed E-state index contributed by atoms with van der Waals surface area (Å²) in [6, 6.07) is 0. The molecule has 1 aliphatic heterocycles. The van der Waals surface area contributed by atoms with Crippen molar-refractivity contribution in [3.63, 3.8) is 0 Å². The van der Waals surface area contributed by atoms with Crippen LogP contribution in [-0.4, -0.2) is 30.1 Å². The zero-order valence-electron chi connectivity index (χ0n) is 12.3. The predicted molar refractivity (Wildman–Crippen MR) is 78.7 cm³/mol. The van der Waals surface area contributed by atoms with Crippen LogP contribution in [0.2, 0.25) is 0 Å². The fraction of sp³-hybridized carbons (Fsp3) is 1.00. The Labute approximate surface area is 113 Å². The molecule has 1 saturated carbocycles. The summed E-state index contributed by atoms with van der Waals surface area (Å²) in [5.74, 6) is 0.948. The first-order valence-corrected chi connectivity index (χ1v) is 8.26. The summed E-state index contributed by atoms with van der Waals surface area (Å²) in [5.41, 5.74) is 6.58. The van der Waals surface area contributed by atoms with Crippen LogP contribution < -0.4 is 5.73 Å². The normalized spacial score (nSPS) is 30.0. The molecule has 0 aromatic heterocycles. The van der Waals surface area contributed by atoms with Crippen LogP contribution in [0, 0.1) is 5.92 Å². The summed E-state index contributed by atoms with van der Waals surface area (Å²) < 4.78 is 0. The average molecular weight is 252 g/mol. The third-order valence-corrected chi connectivity index (χ3v) is 5.32. The van der Waals surface area contributed by atoms with Crippen molar-refractivity contribution >= 4 is 0 Å². The highest BCUT2D eigenvalue weighted by Crippen LogP contribution is 2.35. The lowest BCUT2D eigenvalue weighted by Gasteiger charge is -2.43. The summed E-state index contributed by atoms with van der Waals surface area (Å²) in [6.45, 7) is 5.83. The molecule has 0 aromatic rings. The average Bonchev–Trinajstić information content (AvgIpc) is 2.79. The van der Waals surface area contributed by atoms with E-state index in [1.54, 1.807) is 0 Å². The highest BCUT2D eigenvalue weighted by Gasteiger charge is 2.38. The molecule has 0 radical (unpaired) electrons. The van der Waals surface area contributed by atoms with Gasteiger partial charge in [-0.25, -0.2) is 0 Å². The van der Waals surface area contributed by atoms with Crippen LogP contribution >= 0.6 is 0 Å². The molecule has 2 heteroatoms. The monoisotopic (exact) mass is 252 g/mol. The zero-order valence-corrected chi connectivity index (χ0v) is 12.3. The number of hydrogen-bond acceptors (Lipinski definition) is 2. The molecule has 2 fully saturated rings. The van der Waals surface area contributed by atoms with Gasteiger partial charge in [-0.3, -0.25) is 4.90 Å². The third kappa shape index (κ3) is 3.27. The van der Waals surface area contributed by atoms with E-state index < -0.39 is 0 Å². The van der Waals surface area contributed by atoms with Gasteiger partial charge in [0.15, 0.2) is 0 Å². The van der Waals surface area contributed by atoms with Crippen LogP contribution in [0.15, 0.2) is 0 Å². The standard InChI is InChI=1S/C16H32N2/c1-2-8-15-9-12-18(13-15)16(14-17)10-6-4-3-5-7-11-16/h15H,2-14,17H2,1H3. The van der Waals surface area contributed by atoms with Gasteiger partial charge in [0.25, 0.3) is 0 Å². The van der Waals surface area contributed by atoms with Gasteiger partial charge in [0.05, 0.1) is 0 Å². The van der Waals surface area contributed by atoms with Crippen LogP contribution in [0.1, 0.15) is 71.1 Å². The van der Waals surface area contributed by atoms with E-state index in [0.717, 1.165) is 12.5 Å². The molecule has 1 heterocycles. The van der Waals surface area contributed by atoms with Gasteiger partial charge in [-0.2, -0.15) is 0 Å². The molecule has 18 heavy (non-hydrogen) atoms. The lowest BCUT2D eigenvalue weighted by molar-refractivity contribution is 0.0872. The Morgan fingerprint density at radius 1 is 1.11 bits per heavy atom. The lowest BCUT2D eigenvalue weighted by Crippen LogP contribution is -2.53. The van der Waals surface area contributed by atoms with Gasteiger partial charge < -0.3 is 5.73 Å². The highest BCUT2D eigenvalue weighted by atomic mass is 15.2. The van der Waals surface area contributed by atoms with E-state index >= 15 is 0 Å². The number of likely N-dealkylation sites (tertiary alicyclic amines) is 1. The molecule has 1 unspecified atom stereocenters. The molecule has 1 atom stereocenters. The first kappa shape index (κ1) is 14.3. The van der Waals surface area contributed by atoms with Crippen molar-refractivity contribution in [3.8, 4) is 0 Å². The van der Waals surface area contributed by atoms with Crippen LogP contribution in [0.5, 0.6) is 0 Å². The van der Waals surface area contributed by atoms with E-state index in [-0.39, 0.29) is 0 Å². The first-order chi connectivity index (χ1) is 8.80. The molecule has 0 aromatic carbocycles. The van der Waals surface area contributed by atoms with Gasteiger partial charge in [0.1, 0.15) is 0 Å². The molecule has 1 aliphatic carbocycles. The minimum atomic E-state index is 0.364. The second kappa shape index (κ2) is 6.91. The molecule has 2 rings (SSSR count). The Hall–Kier alpha value is -0.0800. The SMILES string of the molecule is CCCC1CCN(C2(CN)CCCCCCC2)C1. The van der Waals surface area contributed by atoms with E-state index in [0.29, 0.717) is 5.54 Å². The quantitative estimate of drug-likeness (QED) is 0.829. The molecule has 0 amide bonds. The van der Waals surface area contributed by atoms with Crippen LogP contribution in [0.25, 0.3) is 0 Å². The van der Waals surface area contributed by atoms with E-state index in [1.165, 1.54) is 77.3 Å². The Bertz CT molecular complexity index is 231. The van der Waals surface area contributed by atoms with Gasteiger partial charge in [-0.1, -0.05) is 45.4 Å². The fourth-order valence-corrected chi connectivity index (χ4v) is 4.12. The Balaban J connectivity index is 1.97. The summed E-state index contributed by atoms with van der Waals surface area (Å²) in [4.78, 5) is 2.78. The van der Waals surface area contributed by atoms with Gasteiger partial charge in [-0.05, 0) is 38.1 Å². The third-order valence-electron chi connectivity index (χ3n) is 5.32. The number of nitrogens with two attached hydrogens (primary N) is 1. The zero-order chi connectivity index (χ0) is 12.8. The minimum absolute atomic E-state index is 0.364. The number of rotatable bonds is 4. The maximum absolute atomic E-state index is 6.22. The molecular weight excluding hydrogens is 220 g/mol. The largest absolute Gasteiger partial charge is 0.329 e. The number of nitrogens with zero attached hydrogens (tertiary/aromatic N) is 1. The molecule has 0 bridgehead atoms. The second-order valence-electron chi connectivity index (χ2n) is 6.59. The molecule has 106 valence electrons. The first-order valence-electron chi connectivity index (χ1n) is 8.26. The van der Waals surface area contributed by atoms with Gasteiger partial charge >= 0.3 is 0 Å². The van der Waals surface area contributed by atoms with Crippen LogP contribution in [0.3, 0.4) is 0 Å². The molecule has 2 nitrogen and oxygen atoms in total. The second-order valence-corrected chi connectivity index (χ2v) is 6.59. The smallest absolute Gasteiger partial charge is 0.0331 e. The minimum Gasteiger partial charge on any atom is -0.329 e. The van der Waals surface area contributed by atoms with Crippen molar-refractivity contribution in [2.24, 2.45) is 11.7 Å². The Kier molecular flexibility index (Phi) is 5.50. The maximum atomic E-state index is 6.22. The van der Waals surface area contributed by atoms with Crippen LogP contribution in [0.4, 0.5) is 0 Å². The Morgan fingerprint density at radius 3 is 2.39 bits per heavy atom. The molecule has 0 spiro atoms. The van der Waals surface area contributed by atoms with Crippen molar-refractivity contribution in [1.82, 2.24) is 4.90 Å². The van der Waals surface area contributed by atoms with Gasteiger partial charge in [0.2, 0.25) is 0 Å². The highest BCUT2D eigenvalue weighted by molar-refractivity contribution is 4.96. The molecule has 1 saturated heterocycles. The van der Waals surface area contributed by atoms with E-state index in [2.05, 4.69) is 11.8 Å². The molecule has 2 N–H and O–H groups in total. The van der Waals surface area contributed by atoms with Crippen molar-refractivity contribution in [2.75, 3.05) is 19.6 Å². The Morgan fingerprint density at radius 2 is 1.78 bits per heavy atom. The van der Waals surface area contributed by atoms with Crippen molar-refractivity contribution < 1.29 is 0 Å². The maximum Gasteiger partial charge on any atom is 0.0331 e. The summed E-state index contributed by atoms with van der Waals surface area (Å²) in [6.07, 6.45) is 13.9. The lowest BCUT2D eigenvalue weighted by atomic mass is 9.82. The van der Waals surface area contributed by atoms with E-state index in [9.17, 15) is 0 Å². The number of hydrogen-bond donors (Lipinski definition) is 1. The fourth-order valence-electron chi connectivity index (χ4n) is 4.12. The van der Waals surface area contributed by atoms with Crippen LogP contribution in [-0.2, 0) is 0 Å². The van der Waals surface area contributed by atoms with Crippen molar-refractivity contribution in [3.05, 3.63) is 0 Å². The van der Waals surface area contributed by atoms with E-state index in [1.807, 2.05) is 0 Å². The predicted octanol–water partition coefficient (Wildman–Crippen LogP) is 3.55. The summed E-state index contributed by atoms with van der Waals surface area (Å²) in [7, 11) is 0. The summed E-state index contributed by atoms with van der Waals surface area (Å²) >= 11 is 0. The molecular formula is C16H32N2. The summed E-state index contributed by atoms with van der Waals surface area (Å²) in [5, 5.41) is 0. The van der Waals surface area contributed by atoms with Gasteiger partial charge in [-0.15, -0.1) is 0 Å². The van der Waals surface area contributed by atoms with Crippen molar-refractivity contribution in [2.45, 2.75) is 76.7 Å². The topological polar surface area (TPSA) is 29.3 Å². The van der Waals surface area contributed by atoms with Gasteiger partial charge in [0, 0.05) is 18.6 Å².